The monoisotopic (exact) mass is 678 g/mol. The topological polar surface area (TPSA) is 0 Å². The van der Waals surface area contributed by atoms with Gasteiger partial charge in [-0.3, -0.25) is 0 Å². The summed E-state index contributed by atoms with van der Waals surface area (Å²) in [5.74, 6) is 0. The van der Waals surface area contributed by atoms with E-state index >= 15 is 0 Å². The van der Waals surface area contributed by atoms with Crippen molar-refractivity contribution in [2.45, 2.75) is 91.4 Å². The van der Waals surface area contributed by atoms with Crippen LogP contribution in [0.25, 0.3) is 21.5 Å². The molecule has 0 saturated heterocycles. The molecule has 0 heterocycles. The number of halogens is 2. The zero-order valence-electron chi connectivity index (χ0n) is 25.3. The summed E-state index contributed by atoms with van der Waals surface area (Å²) in [5.41, 5.74) is 0. The fraction of sp³-hybridized carbons (Fsp3) is 0.471. The zero-order chi connectivity index (χ0) is 26.3. The first kappa shape index (κ1) is 39.0. The number of benzene rings is 2. The average molecular weight is 681 g/mol. The van der Waals surface area contributed by atoms with E-state index in [-0.39, 0.29) is 66.9 Å². The summed E-state index contributed by atoms with van der Waals surface area (Å²) in [6, 6.07) is 27.1. The van der Waals surface area contributed by atoms with E-state index in [9.17, 15) is 0 Å². The van der Waals surface area contributed by atoms with Gasteiger partial charge in [0.2, 0.25) is 0 Å². The summed E-state index contributed by atoms with van der Waals surface area (Å²) in [6.45, 7) is 18.9. The van der Waals surface area contributed by atoms with Gasteiger partial charge in [0.25, 0.3) is 0 Å². The van der Waals surface area contributed by atoms with Crippen LogP contribution in [-0.4, -0.2) is 22.6 Å². The molecule has 0 nitrogen and oxygen atoms in total. The van der Waals surface area contributed by atoms with E-state index in [1.54, 1.807) is 10.6 Å². The van der Waals surface area contributed by atoms with Gasteiger partial charge in [-0.1, -0.05) is 96.2 Å². The van der Waals surface area contributed by atoms with Gasteiger partial charge in [-0.2, -0.15) is 12.1 Å². The third kappa shape index (κ3) is 11.3. The van der Waals surface area contributed by atoms with E-state index in [4.69, 9.17) is 0 Å². The molecule has 0 aromatic heterocycles. The zero-order valence-corrected chi connectivity index (χ0v) is 31.1. The van der Waals surface area contributed by atoms with Gasteiger partial charge in [-0.05, 0) is 35.5 Å². The van der Waals surface area contributed by atoms with E-state index in [2.05, 4.69) is 128 Å². The second-order valence-corrected chi connectivity index (χ2v) is 18.4. The molecule has 0 aliphatic rings. The molecule has 0 aliphatic heterocycles. The Morgan fingerprint density at radius 2 is 1.00 bits per heavy atom. The maximum atomic E-state index is 2.44. The van der Waals surface area contributed by atoms with Crippen LogP contribution in [0.2, 0.25) is 0 Å². The van der Waals surface area contributed by atoms with Crippen molar-refractivity contribution >= 4 is 48.0 Å². The molecule has 0 atom stereocenters. The molecule has 4 rings (SSSR count). The summed E-state index contributed by atoms with van der Waals surface area (Å²) in [7, 11) is -0.0990. The maximum Gasteiger partial charge on any atom is 4.00 e. The summed E-state index contributed by atoms with van der Waals surface area (Å²) in [6.07, 6.45) is 8.26. The predicted octanol–water partition coefficient (Wildman–Crippen LogP) is 4.53. The first-order valence-electron chi connectivity index (χ1n) is 13.9. The van der Waals surface area contributed by atoms with Crippen LogP contribution in [0.15, 0.2) is 72.8 Å². The first-order valence-corrected chi connectivity index (χ1v) is 17.0. The Kier molecular flexibility index (Phi) is 17.8. The van der Waals surface area contributed by atoms with Crippen LogP contribution in [0, 0.1) is 0 Å². The van der Waals surface area contributed by atoms with Gasteiger partial charge in [0.1, 0.15) is 0 Å². The Morgan fingerprint density at radius 3 is 1.38 bits per heavy atom. The number of rotatable bonds is 8. The van der Waals surface area contributed by atoms with Gasteiger partial charge in [-0.25, -0.2) is 0 Å². The quantitative estimate of drug-likeness (QED) is 0.190. The largest absolute Gasteiger partial charge is 4.00 e. The minimum Gasteiger partial charge on any atom is -1.00 e. The van der Waals surface area contributed by atoms with Gasteiger partial charge < -0.3 is 24.8 Å². The van der Waals surface area contributed by atoms with Crippen LogP contribution in [0.4, 0.5) is 0 Å². The Labute approximate surface area is 273 Å². The summed E-state index contributed by atoms with van der Waals surface area (Å²) in [5, 5.41) is 9.48. The van der Waals surface area contributed by atoms with Gasteiger partial charge in [0.05, 0.1) is 0 Å². The summed E-state index contributed by atoms with van der Waals surface area (Å²) < 4.78 is 0. The van der Waals surface area contributed by atoms with Crippen molar-refractivity contribution in [3.05, 3.63) is 72.8 Å². The van der Waals surface area contributed by atoms with Crippen LogP contribution < -0.4 is 35.4 Å². The van der Waals surface area contributed by atoms with Crippen molar-refractivity contribution < 1.29 is 51.0 Å². The Bertz CT molecular complexity index is 1130. The molecular weight excluding hydrogens is 632 g/mol. The summed E-state index contributed by atoms with van der Waals surface area (Å²) in [4.78, 5) is 0. The minimum atomic E-state index is -0.185. The number of hydrogen-bond donors (Lipinski definition) is 0. The van der Waals surface area contributed by atoms with Crippen LogP contribution in [-0.2, 0) is 26.2 Å². The van der Waals surface area contributed by atoms with E-state index in [0.29, 0.717) is 10.3 Å². The molecule has 0 radical (unpaired) electrons. The summed E-state index contributed by atoms with van der Waals surface area (Å²) >= 11 is 0. The van der Waals surface area contributed by atoms with E-state index < -0.39 is 0 Å². The number of fused-ring (bicyclic) bond motifs is 2. The molecule has 0 unspecified atom stereocenters. The van der Waals surface area contributed by atoms with Crippen LogP contribution >= 0.6 is 15.8 Å². The molecule has 0 fully saturated rings. The Balaban J connectivity index is 0.000000688. The molecule has 0 aliphatic carbocycles. The molecule has 5 heteroatoms. The van der Waals surface area contributed by atoms with Gasteiger partial charge in [-0.15, -0.1) is 80.7 Å². The Hall–Kier alpha value is -0.0169. The second kappa shape index (κ2) is 17.8. The van der Waals surface area contributed by atoms with Crippen molar-refractivity contribution in [1.29, 1.82) is 0 Å². The SMILES string of the molecule is CC(C)(C)P(c1cc2ccccc2[cH-]1)C(C)(C)C.CCCCP(CCCC)c1cc2ccccc2[cH-]1.[Cl-].[Cl-].[Zr+4]. The molecule has 212 valence electrons. The molecule has 4 aromatic carbocycles. The third-order valence-corrected chi connectivity index (χ3v) is 12.9. The van der Waals surface area contributed by atoms with Gasteiger partial charge in [0.15, 0.2) is 0 Å². The molecule has 0 bridgehead atoms. The molecular formula is C34H48Cl2P2Zr. The molecule has 4 aromatic rings. The fourth-order valence-electron chi connectivity index (χ4n) is 5.43. The van der Waals surface area contributed by atoms with Crippen molar-refractivity contribution in [3.63, 3.8) is 0 Å². The Morgan fingerprint density at radius 1 is 0.615 bits per heavy atom. The number of unbranched alkanes of at least 4 members (excludes halogenated alkanes) is 2. The van der Waals surface area contributed by atoms with E-state index in [0.717, 1.165) is 0 Å². The van der Waals surface area contributed by atoms with Crippen molar-refractivity contribution in [2.24, 2.45) is 0 Å². The van der Waals surface area contributed by atoms with Crippen molar-refractivity contribution in [3.8, 4) is 0 Å². The molecule has 39 heavy (non-hydrogen) atoms. The fourth-order valence-corrected chi connectivity index (χ4v) is 12.3. The van der Waals surface area contributed by atoms with Gasteiger partial charge in [0, 0.05) is 0 Å². The first-order chi connectivity index (χ1) is 17.0. The minimum absolute atomic E-state index is 0. The van der Waals surface area contributed by atoms with Crippen LogP contribution in [0.5, 0.6) is 0 Å². The predicted molar refractivity (Wildman–Crippen MR) is 171 cm³/mol. The molecule has 0 saturated carbocycles. The third-order valence-electron chi connectivity index (χ3n) is 6.73. The molecule has 0 spiro atoms. The van der Waals surface area contributed by atoms with Crippen LogP contribution in [0.3, 0.4) is 0 Å². The second-order valence-electron chi connectivity index (χ2n) is 12.1. The maximum absolute atomic E-state index is 2.44. The van der Waals surface area contributed by atoms with Crippen molar-refractivity contribution in [1.82, 2.24) is 0 Å². The van der Waals surface area contributed by atoms with Gasteiger partial charge >= 0.3 is 26.2 Å². The van der Waals surface area contributed by atoms with E-state index in [1.165, 1.54) is 59.6 Å². The molecule has 0 amide bonds. The standard InChI is InChI=1S/2C17H24P.2ClH.Zr/c1-16(2,3)18(17(4,5)6)15-11-13-9-7-8-10-14(13)12-15;1-3-5-11-18(12-6-4-2)17-13-15-9-7-8-10-16(15)14-17;;;/h7-12H,1-6H3;7-10,13-14H,3-6,11-12H2,1-2H3;2*1H;/q2*-1;;;+4/p-2. The van der Waals surface area contributed by atoms with Crippen molar-refractivity contribution in [2.75, 3.05) is 12.3 Å². The normalized spacial score (nSPS) is 11.5. The van der Waals surface area contributed by atoms with E-state index in [1.807, 2.05) is 0 Å². The van der Waals surface area contributed by atoms with Crippen LogP contribution in [0.1, 0.15) is 81.1 Å². The average Bonchev–Trinajstić information content (AvgIpc) is 3.41. The molecule has 0 N–H and O–H groups in total. The smallest absolute Gasteiger partial charge is 1.00 e. The number of hydrogen-bond acceptors (Lipinski definition) is 0.